The zero-order valence-corrected chi connectivity index (χ0v) is 6.88. The Labute approximate surface area is 67.6 Å². The van der Waals surface area contributed by atoms with Crippen LogP contribution in [0.3, 0.4) is 0 Å². The molecule has 0 aromatic heterocycles. The molecule has 1 aliphatic heterocycles. The molecule has 1 unspecified atom stereocenters. The van der Waals surface area contributed by atoms with Gasteiger partial charge in [0.2, 0.25) is 0 Å². The topological polar surface area (TPSA) is 29.5 Å². The summed E-state index contributed by atoms with van der Waals surface area (Å²) in [5.41, 5.74) is 0.165. The Balaban J connectivity index is 2.01. The van der Waals surface area contributed by atoms with Crippen molar-refractivity contribution in [3.05, 3.63) is 0 Å². The largest absolute Gasteiger partial charge is 0.396 e. The highest BCUT2D eigenvalue weighted by Gasteiger charge is 2.45. The zero-order chi connectivity index (χ0) is 7.73. The Kier molecular flexibility index (Phi) is 1.90. The van der Waals surface area contributed by atoms with E-state index in [0.717, 1.165) is 25.6 Å². The van der Waals surface area contributed by atoms with Gasteiger partial charge in [0.1, 0.15) is 0 Å². The van der Waals surface area contributed by atoms with Crippen molar-refractivity contribution < 1.29 is 9.84 Å². The Morgan fingerprint density at radius 3 is 2.73 bits per heavy atom. The third-order valence-electron chi connectivity index (χ3n) is 3.11. The quantitative estimate of drug-likeness (QED) is 0.650. The van der Waals surface area contributed by atoms with Crippen molar-refractivity contribution in [3.63, 3.8) is 0 Å². The maximum Gasteiger partial charge on any atom is 0.0547 e. The van der Waals surface area contributed by atoms with E-state index in [1.807, 2.05) is 0 Å². The van der Waals surface area contributed by atoms with E-state index in [0.29, 0.717) is 6.61 Å². The Hall–Kier alpha value is -0.0800. The van der Waals surface area contributed by atoms with Gasteiger partial charge in [-0.1, -0.05) is 0 Å². The van der Waals surface area contributed by atoms with Crippen LogP contribution in [0.5, 0.6) is 0 Å². The Morgan fingerprint density at radius 1 is 1.45 bits per heavy atom. The van der Waals surface area contributed by atoms with Gasteiger partial charge in [-0.15, -0.1) is 0 Å². The van der Waals surface area contributed by atoms with E-state index in [1.165, 1.54) is 19.3 Å². The molecule has 2 fully saturated rings. The lowest BCUT2D eigenvalue weighted by molar-refractivity contribution is -0.0511. The molecule has 0 bridgehead atoms. The summed E-state index contributed by atoms with van der Waals surface area (Å²) in [5, 5.41) is 9.27. The van der Waals surface area contributed by atoms with Crippen LogP contribution in [0.1, 0.15) is 25.7 Å². The monoisotopic (exact) mass is 156 g/mol. The molecule has 1 N–H and O–H groups in total. The van der Waals surface area contributed by atoms with E-state index in [1.54, 1.807) is 0 Å². The molecule has 0 aromatic carbocycles. The van der Waals surface area contributed by atoms with Gasteiger partial charge in [0.15, 0.2) is 0 Å². The fraction of sp³-hybridized carbons (Fsp3) is 1.00. The minimum Gasteiger partial charge on any atom is -0.396 e. The molecular weight excluding hydrogens is 140 g/mol. The minimum atomic E-state index is 0.165. The van der Waals surface area contributed by atoms with Crippen molar-refractivity contribution in [2.24, 2.45) is 11.3 Å². The lowest BCUT2D eigenvalue weighted by Gasteiger charge is -2.35. The average molecular weight is 156 g/mol. The minimum absolute atomic E-state index is 0.165. The lowest BCUT2D eigenvalue weighted by Crippen LogP contribution is -2.37. The molecule has 0 aromatic rings. The number of hydrogen-bond donors (Lipinski definition) is 1. The van der Waals surface area contributed by atoms with Crippen LogP contribution < -0.4 is 0 Å². The van der Waals surface area contributed by atoms with Crippen molar-refractivity contribution in [3.8, 4) is 0 Å². The van der Waals surface area contributed by atoms with Gasteiger partial charge in [0.25, 0.3) is 0 Å². The molecule has 64 valence electrons. The van der Waals surface area contributed by atoms with Crippen molar-refractivity contribution >= 4 is 0 Å². The summed E-state index contributed by atoms with van der Waals surface area (Å²) in [6, 6.07) is 0. The number of rotatable bonds is 2. The molecule has 1 saturated heterocycles. The van der Waals surface area contributed by atoms with Gasteiger partial charge in [-0.05, 0) is 31.6 Å². The van der Waals surface area contributed by atoms with E-state index >= 15 is 0 Å². The molecule has 1 aliphatic carbocycles. The van der Waals surface area contributed by atoms with E-state index in [-0.39, 0.29) is 5.41 Å². The molecule has 1 saturated carbocycles. The van der Waals surface area contributed by atoms with Crippen molar-refractivity contribution in [1.29, 1.82) is 0 Å². The predicted octanol–water partition coefficient (Wildman–Crippen LogP) is 1.19. The number of aliphatic hydroxyl groups is 1. The van der Waals surface area contributed by atoms with Crippen LogP contribution in [-0.2, 0) is 4.74 Å². The molecule has 2 aliphatic rings. The van der Waals surface area contributed by atoms with Crippen molar-refractivity contribution in [2.45, 2.75) is 25.7 Å². The average Bonchev–Trinajstić information content (AvgIpc) is 2.88. The first-order valence-electron chi connectivity index (χ1n) is 4.56. The molecule has 2 rings (SSSR count). The first-order chi connectivity index (χ1) is 5.37. The summed E-state index contributed by atoms with van der Waals surface area (Å²) in [6.07, 6.45) is 4.93. The van der Waals surface area contributed by atoms with E-state index in [9.17, 15) is 5.11 Å². The highest BCUT2D eigenvalue weighted by molar-refractivity contribution is 4.94. The molecular formula is C9H16O2. The van der Waals surface area contributed by atoms with Gasteiger partial charge in [0, 0.05) is 12.0 Å². The smallest absolute Gasteiger partial charge is 0.0547 e. The van der Waals surface area contributed by atoms with Crippen LogP contribution in [0.15, 0.2) is 0 Å². The van der Waals surface area contributed by atoms with Crippen LogP contribution in [-0.4, -0.2) is 24.9 Å². The highest BCUT2D eigenvalue weighted by atomic mass is 16.5. The SMILES string of the molecule is OCC1(C2CC2)CCCOC1. The lowest BCUT2D eigenvalue weighted by atomic mass is 9.79. The second-order valence-electron chi connectivity index (χ2n) is 3.95. The summed E-state index contributed by atoms with van der Waals surface area (Å²) in [4.78, 5) is 0. The van der Waals surface area contributed by atoms with Crippen LogP contribution in [0, 0.1) is 11.3 Å². The maximum absolute atomic E-state index is 9.27. The molecule has 1 atom stereocenters. The third-order valence-corrected chi connectivity index (χ3v) is 3.11. The van der Waals surface area contributed by atoms with E-state index in [4.69, 9.17) is 4.74 Å². The molecule has 1 heterocycles. The first-order valence-corrected chi connectivity index (χ1v) is 4.56. The standard InChI is InChI=1S/C9H16O2/c10-6-9(8-2-3-8)4-1-5-11-7-9/h8,10H,1-7H2. The van der Waals surface area contributed by atoms with Gasteiger partial charge in [-0.25, -0.2) is 0 Å². The summed E-state index contributed by atoms with van der Waals surface area (Å²) < 4.78 is 5.42. The molecule has 11 heavy (non-hydrogen) atoms. The van der Waals surface area contributed by atoms with Crippen molar-refractivity contribution in [2.75, 3.05) is 19.8 Å². The first kappa shape index (κ1) is 7.56. The number of ether oxygens (including phenoxy) is 1. The van der Waals surface area contributed by atoms with Crippen LogP contribution in [0.25, 0.3) is 0 Å². The fourth-order valence-electron chi connectivity index (χ4n) is 2.15. The van der Waals surface area contributed by atoms with Gasteiger partial charge in [0.05, 0.1) is 13.2 Å². The van der Waals surface area contributed by atoms with Crippen LogP contribution in [0.4, 0.5) is 0 Å². The second-order valence-corrected chi connectivity index (χ2v) is 3.95. The molecule has 2 heteroatoms. The number of aliphatic hydroxyl groups excluding tert-OH is 1. The predicted molar refractivity (Wildman–Crippen MR) is 42.3 cm³/mol. The zero-order valence-electron chi connectivity index (χ0n) is 6.88. The summed E-state index contributed by atoms with van der Waals surface area (Å²) in [5.74, 6) is 0.771. The normalized spacial score (nSPS) is 39.0. The van der Waals surface area contributed by atoms with Gasteiger partial charge < -0.3 is 9.84 Å². The highest BCUT2D eigenvalue weighted by Crippen LogP contribution is 2.49. The van der Waals surface area contributed by atoms with Crippen molar-refractivity contribution in [1.82, 2.24) is 0 Å². The van der Waals surface area contributed by atoms with Gasteiger partial charge in [-0.3, -0.25) is 0 Å². The fourth-order valence-corrected chi connectivity index (χ4v) is 2.15. The van der Waals surface area contributed by atoms with Gasteiger partial charge >= 0.3 is 0 Å². The summed E-state index contributed by atoms with van der Waals surface area (Å²) >= 11 is 0. The third kappa shape index (κ3) is 1.30. The van der Waals surface area contributed by atoms with Crippen LogP contribution >= 0.6 is 0 Å². The van der Waals surface area contributed by atoms with Gasteiger partial charge in [-0.2, -0.15) is 0 Å². The molecule has 0 radical (unpaired) electrons. The summed E-state index contributed by atoms with van der Waals surface area (Å²) in [6.45, 7) is 2.03. The summed E-state index contributed by atoms with van der Waals surface area (Å²) in [7, 11) is 0. The second kappa shape index (κ2) is 2.76. The van der Waals surface area contributed by atoms with E-state index in [2.05, 4.69) is 0 Å². The Bertz CT molecular complexity index is 134. The van der Waals surface area contributed by atoms with Crippen LogP contribution in [0.2, 0.25) is 0 Å². The molecule has 2 nitrogen and oxygen atoms in total. The maximum atomic E-state index is 9.27. The molecule has 0 spiro atoms. The number of hydrogen-bond acceptors (Lipinski definition) is 2. The van der Waals surface area contributed by atoms with E-state index < -0.39 is 0 Å². The Morgan fingerprint density at radius 2 is 2.27 bits per heavy atom. The molecule has 0 amide bonds.